The average Bonchev–Trinajstić information content (AvgIpc) is 3.20. The van der Waals surface area contributed by atoms with Gasteiger partial charge in [0, 0.05) is 20.3 Å². The van der Waals surface area contributed by atoms with E-state index >= 15 is 0 Å². The molecule has 3 rings (SSSR count). The van der Waals surface area contributed by atoms with E-state index in [1.165, 1.54) is 24.4 Å². The van der Waals surface area contributed by atoms with E-state index in [4.69, 9.17) is 10.5 Å². The zero-order valence-electron chi connectivity index (χ0n) is 12.3. The highest BCUT2D eigenvalue weighted by molar-refractivity contribution is 7.11. The summed E-state index contributed by atoms with van der Waals surface area (Å²) in [5.41, 5.74) is 8.60. The molecule has 1 aliphatic rings. The van der Waals surface area contributed by atoms with E-state index in [0.29, 0.717) is 11.2 Å². The van der Waals surface area contributed by atoms with Crippen molar-refractivity contribution in [3.8, 4) is 11.1 Å². The zero-order valence-corrected chi connectivity index (χ0v) is 13.1. The summed E-state index contributed by atoms with van der Waals surface area (Å²) in [5, 5.41) is 4.64. The largest absolute Gasteiger partial charge is 0.385 e. The molecule has 2 aromatic rings. The molecular weight excluding hydrogens is 282 g/mol. The lowest BCUT2D eigenvalue weighted by Gasteiger charge is -2.16. The maximum atomic E-state index is 6.05. The van der Waals surface area contributed by atoms with Crippen molar-refractivity contribution in [3.63, 3.8) is 0 Å². The molecule has 5 heteroatoms. The number of nitrogen functional groups attached to an aromatic ring is 1. The molecule has 112 valence electrons. The van der Waals surface area contributed by atoms with Crippen molar-refractivity contribution >= 4 is 22.4 Å². The van der Waals surface area contributed by atoms with Gasteiger partial charge in [0.05, 0.1) is 5.56 Å². The number of hydrogen-bond donors (Lipinski definition) is 2. The summed E-state index contributed by atoms with van der Waals surface area (Å²) in [5.74, 6) is 0.607. The van der Waals surface area contributed by atoms with Crippen molar-refractivity contribution in [1.29, 1.82) is 0 Å². The van der Waals surface area contributed by atoms with Gasteiger partial charge in [-0.05, 0) is 41.8 Å². The molecule has 1 heterocycles. The Morgan fingerprint density at radius 1 is 1.33 bits per heavy atom. The fraction of sp³-hybridized carbons (Fsp3) is 0.438. The zero-order chi connectivity index (χ0) is 14.7. The van der Waals surface area contributed by atoms with Gasteiger partial charge in [-0.25, -0.2) is 0 Å². The van der Waals surface area contributed by atoms with Crippen molar-refractivity contribution in [1.82, 2.24) is 4.37 Å². The van der Waals surface area contributed by atoms with Gasteiger partial charge in [0.2, 0.25) is 0 Å². The van der Waals surface area contributed by atoms with Crippen LogP contribution in [0.2, 0.25) is 0 Å². The second kappa shape index (κ2) is 6.03. The van der Waals surface area contributed by atoms with E-state index in [-0.39, 0.29) is 0 Å². The Balaban J connectivity index is 1.72. The summed E-state index contributed by atoms with van der Waals surface area (Å²) >= 11 is 1.45. The van der Waals surface area contributed by atoms with Gasteiger partial charge in [0.25, 0.3) is 0 Å². The van der Waals surface area contributed by atoms with Crippen LogP contribution in [0.25, 0.3) is 11.1 Å². The number of benzene rings is 1. The van der Waals surface area contributed by atoms with Crippen LogP contribution < -0.4 is 11.1 Å². The number of nitrogens with two attached hydrogens (primary N) is 1. The lowest BCUT2D eigenvalue weighted by Crippen LogP contribution is -2.17. The molecule has 0 aliphatic heterocycles. The van der Waals surface area contributed by atoms with Crippen LogP contribution in [0.15, 0.2) is 30.3 Å². The SMILES string of the molecule is COCCC1(CNc2snc(N)c2-c2ccccc2)CC1. The predicted octanol–water partition coefficient (Wildman–Crippen LogP) is 3.62. The minimum atomic E-state index is 0.405. The van der Waals surface area contributed by atoms with Gasteiger partial charge >= 0.3 is 0 Å². The molecule has 0 saturated heterocycles. The van der Waals surface area contributed by atoms with Gasteiger partial charge in [0.1, 0.15) is 10.8 Å². The van der Waals surface area contributed by atoms with Crippen LogP contribution in [0.3, 0.4) is 0 Å². The first-order chi connectivity index (χ1) is 10.2. The van der Waals surface area contributed by atoms with Crippen LogP contribution in [-0.2, 0) is 4.74 Å². The molecule has 1 aromatic heterocycles. The first-order valence-corrected chi connectivity index (χ1v) is 8.05. The molecule has 1 aromatic carbocycles. The minimum absolute atomic E-state index is 0.405. The maximum Gasteiger partial charge on any atom is 0.147 e. The van der Waals surface area contributed by atoms with Crippen molar-refractivity contribution in [3.05, 3.63) is 30.3 Å². The van der Waals surface area contributed by atoms with E-state index in [2.05, 4.69) is 21.8 Å². The van der Waals surface area contributed by atoms with Crippen LogP contribution in [-0.4, -0.2) is 24.6 Å². The van der Waals surface area contributed by atoms with Gasteiger partial charge in [-0.2, -0.15) is 4.37 Å². The average molecular weight is 303 g/mol. The Morgan fingerprint density at radius 3 is 2.76 bits per heavy atom. The van der Waals surface area contributed by atoms with E-state index < -0.39 is 0 Å². The van der Waals surface area contributed by atoms with E-state index in [0.717, 1.165) is 35.7 Å². The number of aromatic nitrogens is 1. The lowest BCUT2D eigenvalue weighted by atomic mass is 10.0. The van der Waals surface area contributed by atoms with Crippen molar-refractivity contribution in [2.45, 2.75) is 19.3 Å². The number of hydrogen-bond acceptors (Lipinski definition) is 5. The molecule has 0 radical (unpaired) electrons. The molecular formula is C16H21N3OS. The minimum Gasteiger partial charge on any atom is -0.385 e. The van der Waals surface area contributed by atoms with Crippen LogP contribution >= 0.6 is 11.5 Å². The highest BCUT2D eigenvalue weighted by Gasteiger charge is 2.41. The van der Waals surface area contributed by atoms with Crippen molar-refractivity contribution in [2.75, 3.05) is 31.3 Å². The van der Waals surface area contributed by atoms with Crippen molar-refractivity contribution < 1.29 is 4.74 Å². The normalized spacial score (nSPS) is 15.9. The van der Waals surface area contributed by atoms with E-state index in [1.807, 2.05) is 18.2 Å². The second-order valence-corrected chi connectivity index (χ2v) is 6.51. The molecule has 21 heavy (non-hydrogen) atoms. The van der Waals surface area contributed by atoms with Crippen LogP contribution in [0.4, 0.5) is 10.8 Å². The molecule has 1 aliphatic carbocycles. The number of nitrogens with zero attached hydrogens (tertiary/aromatic N) is 1. The Kier molecular flexibility index (Phi) is 4.12. The molecule has 1 saturated carbocycles. The molecule has 0 spiro atoms. The quantitative estimate of drug-likeness (QED) is 0.820. The summed E-state index contributed by atoms with van der Waals surface area (Å²) in [6.07, 6.45) is 3.67. The summed E-state index contributed by atoms with van der Waals surface area (Å²) in [6, 6.07) is 10.2. The van der Waals surface area contributed by atoms with Gasteiger partial charge in [0.15, 0.2) is 0 Å². The standard InChI is InChI=1S/C16H21N3OS/c1-20-10-9-16(7-8-16)11-18-15-13(14(17)19-21-15)12-5-3-2-4-6-12/h2-6,18H,7-11H2,1H3,(H2,17,19). The summed E-state index contributed by atoms with van der Waals surface area (Å²) in [4.78, 5) is 0. The summed E-state index contributed by atoms with van der Waals surface area (Å²) < 4.78 is 9.52. The molecule has 0 atom stereocenters. The number of rotatable bonds is 7. The van der Waals surface area contributed by atoms with Gasteiger partial charge in [-0.15, -0.1) is 0 Å². The van der Waals surface area contributed by atoms with Crippen LogP contribution in [0.1, 0.15) is 19.3 Å². The predicted molar refractivity (Wildman–Crippen MR) is 88.6 cm³/mol. The third kappa shape index (κ3) is 3.19. The monoisotopic (exact) mass is 303 g/mol. The Labute approximate surface area is 129 Å². The Hall–Kier alpha value is -1.59. The fourth-order valence-electron chi connectivity index (χ4n) is 2.59. The Morgan fingerprint density at radius 2 is 2.10 bits per heavy atom. The topological polar surface area (TPSA) is 60.2 Å². The highest BCUT2D eigenvalue weighted by atomic mass is 32.1. The lowest BCUT2D eigenvalue weighted by molar-refractivity contribution is 0.175. The first-order valence-electron chi connectivity index (χ1n) is 7.27. The molecule has 4 nitrogen and oxygen atoms in total. The number of anilines is 2. The van der Waals surface area contributed by atoms with Gasteiger partial charge < -0.3 is 15.8 Å². The second-order valence-electron chi connectivity index (χ2n) is 5.73. The Bertz CT molecular complexity index is 593. The third-order valence-corrected chi connectivity index (χ3v) is 5.02. The summed E-state index contributed by atoms with van der Waals surface area (Å²) in [6.45, 7) is 1.80. The molecule has 1 fully saturated rings. The van der Waals surface area contributed by atoms with E-state index in [1.54, 1.807) is 7.11 Å². The van der Waals surface area contributed by atoms with Crippen LogP contribution in [0, 0.1) is 5.41 Å². The van der Waals surface area contributed by atoms with Gasteiger partial charge in [-0.1, -0.05) is 30.3 Å². The number of methoxy groups -OCH3 is 1. The van der Waals surface area contributed by atoms with Crippen molar-refractivity contribution in [2.24, 2.45) is 5.41 Å². The first kappa shape index (κ1) is 14.4. The highest BCUT2D eigenvalue weighted by Crippen LogP contribution is 2.49. The third-order valence-electron chi connectivity index (χ3n) is 4.20. The van der Waals surface area contributed by atoms with Gasteiger partial charge in [-0.3, -0.25) is 0 Å². The van der Waals surface area contributed by atoms with E-state index in [9.17, 15) is 0 Å². The number of nitrogens with one attached hydrogen (secondary N) is 1. The van der Waals surface area contributed by atoms with Crippen LogP contribution in [0.5, 0.6) is 0 Å². The molecule has 0 bridgehead atoms. The molecule has 0 amide bonds. The molecule has 3 N–H and O–H groups in total. The fourth-order valence-corrected chi connectivity index (χ4v) is 3.32. The number of ether oxygens (including phenoxy) is 1. The molecule has 0 unspecified atom stereocenters. The summed E-state index contributed by atoms with van der Waals surface area (Å²) in [7, 11) is 1.76. The maximum absolute atomic E-state index is 6.05. The smallest absolute Gasteiger partial charge is 0.147 e.